The lowest BCUT2D eigenvalue weighted by Gasteiger charge is -2.06. The Morgan fingerprint density at radius 2 is 2.15 bits per heavy atom. The van der Waals surface area contributed by atoms with E-state index in [-0.39, 0.29) is 12.5 Å². The number of thiophene rings is 1. The van der Waals surface area contributed by atoms with Crippen molar-refractivity contribution in [2.75, 3.05) is 6.61 Å². The summed E-state index contributed by atoms with van der Waals surface area (Å²) in [6.07, 6.45) is 0. The molecule has 1 N–H and O–H groups in total. The van der Waals surface area contributed by atoms with Gasteiger partial charge in [-0.05, 0) is 36.1 Å². The topological polar surface area (TPSA) is 68.3 Å². The maximum absolute atomic E-state index is 12.2. The van der Waals surface area contributed by atoms with Crippen molar-refractivity contribution in [1.82, 2.24) is 10.3 Å². The fourth-order valence-corrected chi connectivity index (χ4v) is 4.08. The molecule has 26 heavy (non-hydrogen) atoms. The van der Waals surface area contributed by atoms with Crippen molar-refractivity contribution in [1.29, 1.82) is 0 Å². The first-order valence-corrected chi connectivity index (χ1v) is 9.85. The number of aromatic nitrogens is 1. The number of ether oxygens (including phenoxy) is 1. The zero-order chi connectivity index (χ0) is 18.5. The molecule has 0 fully saturated rings. The molecule has 0 atom stereocenters. The minimum absolute atomic E-state index is 0.318. The normalized spacial score (nSPS) is 10.5. The van der Waals surface area contributed by atoms with E-state index in [1.165, 1.54) is 11.3 Å². The van der Waals surface area contributed by atoms with E-state index in [1.54, 1.807) is 30.4 Å². The second-order valence-corrected chi connectivity index (χ2v) is 7.64. The summed E-state index contributed by atoms with van der Waals surface area (Å²) in [5, 5.41) is 7.98. The Balaban J connectivity index is 1.53. The molecule has 0 aliphatic rings. The van der Waals surface area contributed by atoms with Crippen molar-refractivity contribution in [3.05, 3.63) is 62.2 Å². The lowest BCUT2D eigenvalue weighted by atomic mass is 10.2. The Bertz CT molecular complexity index is 922. The zero-order valence-electron chi connectivity index (χ0n) is 13.8. The molecule has 0 aliphatic carbocycles. The summed E-state index contributed by atoms with van der Waals surface area (Å²) in [6, 6.07) is 9.13. The van der Waals surface area contributed by atoms with E-state index in [4.69, 9.17) is 16.3 Å². The van der Waals surface area contributed by atoms with E-state index >= 15 is 0 Å². The first-order valence-electron chi connectivity index (χ1n) is 7.71. The predicted molar refractivity (Wildman–Crippen MR) is 104 cm³/mol. The highest BCUT2D eigenvalue weighted by atomic mass is 35.5. The van der Waals surface area contributed by atoms with Crippen LogP contribution >= 0.6 is 34.3 Å². The highest BCUT2D eigenvalue weighted by Crippen LogP contribution is 2.29. The molecule has 3 rings (SSSR count). The predicted octanol–water partition coefficient (Wildman–Crippen LogP) is 4.31. The number of carbonyl (C=O) groups excluding carboxylic acids is 2. The van der Waals surface area contributed by atoms with Crippen LogP contribution in [0.25, 0.3) is 10.6 Å². The number of benzene rings is 1. The molecule has 0 aliphatic heterocycles. The molecule has 8 heteroatoms. The third-order valence-corrected chi connectivity index (χ3v) is 5.57. The minimum Gasteiger partial charge on any atom is -0.451 e. The van der Waals surface area contributed by atoms with E-state index in [0.29, 0.717) is 22.1 Å². The van der Waals surface area contributed by atoms with Gasteiger partial charge in [0.25, 0.3) is 5.91 Å². The second kappa shape index (κ2) is 8.44. The van der Waals surface area contributed by atoms with E-state index in [1.807, 2.05) is 29.0 Å². The van der Waals surface area contributed by atoms with Crippen molar-refractivity contribution in [3.63, 3.8) is 0 Å². The number of halogens is 1. The van der Waals surface area contributed by atoms with Gasteiger partial charge in [-0.25, -0.2) is 9.78 Å². The van der Waals surface area contributed by atoms with Gasteiger partial charge in [0.05, 0.1) is 5.69 Å². The van der Waals surface area contributed by atoms with E-state index < -0.39 is 5.97 Å². The molecular weight excluding hydrogens is 392 g/mol. The Kier molecular flexibility index (Phi) is 6.03. The lowest BCUT2D eigenvalue weighted by Crippen LogP contribution is -2.28. The summed E-state index contributed by atoms with van der Waals surface area (Å²) in [5.41, 5.74) is 2.44. The number of nitrogens with one attached hydrogen (secondary N) is 1. The summed E-state index contributed by atoms with van der Waals surface area (Å²) >= 11 is 8.73. The SMILES string of the molecule is Cc1nc(-c2ccsc2)sc1C(=O)OCC(=O)NCc1cccc(Cl)c1. The number of nitrogens with zero attached hydrogens (tertiary/aromatic N) is 1. The number of amides is 1. The first-order chi connectivity index (χ1) is 12.5. The van der Waals surface area contributed by atoms with E-state index in [2.05, 4.69) is 10.3 Å². The molecule has 1 amide bonds. The molecule has 0 bridgehead atoms. The maximum Gasteiger partial charge on any atom is 0.350 e. The number of thiazole rings is 1. The van der Waals surface area contributed by atoms with Crippen LogP contribution in [-0.4, -0.2) is 23.5 Å². The van der Waals surface area contributed by atoms with Gasteiger partial charge in [0.1, 0.15) is 9.88 Å². The third kappa shape index (κ3) is 4.69. The highest BCUT2D eigenvalue weighted by molar-refractivity contribution is 7.17. The van der Waals surface area contributed by atoms with Crippen molar-refractivity contribution in [2.45, 2.75) is 13.5 Å². The average molecular weight is 407 g/mol. The molecule has 0 unspecified atom stereocenters. The summed E-state index contributed by atoms with van der Waals surface area (Å²) in [5.74, 6) is -0.919. The Morgan fingerprint density at radius 3 is 2.88 bits per heavy atom. The molecule has 1 aromatic carbocycles. The standard InChI is InChI=1S/C18H15ClN2O3S2/c1-11-16(26-17(21-11)13-5-6-25-10-13)18(23)24-9-15(22)20-8-12-3-2-4-14(19)7-12/h2-7,10H,8-9H2,1H3,(H,20,22). The molecule has 0 radical (unpaired) electrons. The quantitative estimate of drug-likeness (QED) is 0.619. The number of hydrogen-bond acceptors (Lipinski definition) is 6. The van der Waals surface area contributed by atoms with Crippen molar-refractivity contribution < 1.29 is 14.3 Å². The molecular formula is C18H15ClN2O3S2. The van der Waals surface area contributed by atoms with E-state index in [9.17, 15) is 9.59 Å². The van der Waals surface area contributed by atoms with Crippen molar-refractivity contribution >= 4 is 46.2 Å². The Hall–Kier alpha value is -2.22. The summed E-state index contributed by atoms with van der Waals surface area (Å²) in [4.78, 5) is 28.9. The van der Waals surface area contributed by atoms with Crippen LogP contribution in [0.15, 0.2) is 41.1 Å². The van der Waals surface area contributed by atoms with Crippen LogP contribution in [0, 0.1) is 6.92 Å². The van der Waals surface area contributed by atoms with Crippen LogP contribution < -0.4 is 5.32 Å². The van der Waals surface area contributed by atoms with Gasteiger partial charge >= 0.3 is 5.97 Å². The number of esters is 1. The Labute approximate surface area is 163 Å². The van der Waals surface area contributed by atoms with Gasteiger partial charge in [0.2, 0.25) is 0 Å². The summed E-state index contributed by atoms with van der Waals surface area (Å²) in [6.45, 7) is 1.73. The van der Waals surface area contributed by atoms with Crippen molar-refractivity contribution in [3.8, 4) is 10.6 Å². The molecule has 0 spiro atoms. The molecule has 5 nitrogen and oxygen atoms in total. The second-order valence-electron chi connectivity index (χ2n) is 5.43. The van der Waals surface area contributed by atoms with Gasteiger partial charge in [-0.2, -0.15) is 11.3 Å². The number of rotatable bonds is 6. The number of carbonyl (C=O) groups is 2. The molecule has 2 heterocycles. The fraction of sp³-hybridized carbons (Fsp3) is 0.167. The third-order valence-electron chi connectivity index (χ3n) is 3.46. The fourth-order valence-electron chi connectivity index (χ4n) is 2.19. The monoisotopic (exact) mass is 406 g/mol. The number of hydrogen-bond donors (Lipinski definition) is 1. The largest absolute Gasteiger partial charge is 0.451 e. The van der Waals surface area contributed by atoms with Crippen LogP contribution in [0.3, 0.4) is 0 Å². The van der Waals surface area contributed by atoms with Gasteiger partial charge < -0.3 is 10.1 Å². The molecule has 0 saturated carbocycles. The van der Waals surface area contributed by atoms with Gasteiger partial charge in [0.15, 0.2) is 6.61 Å². The van der Waals surface area contributed by atoms with Crippen molar-refractivity contribution in [2.24, 2.45) is 0 Å². The first kappa shape index (κ1) is 18.6. The zero-order valence-corrected chi connectivity index (χ0v) is 16.2. The minimum atomic E-state index is -0.542. The van der Waals surface area contributed by atoms with Gasteiger partial charge in [-0.15, -0.1) is 11.3 Å². The average Bonchev–Trinajstić information content (AvgIpc) is 3.27. The summed E-state index contributed by atoms with van der Waals surface area (Å²) < 4.78 is 5.11. The molecule has 134 valence electrons. The molecule has 0 saturated heterocycles. The molecule has 2 aromatic heterocycles. The van der Waals surface area contributed by atoms with Crippen LogP contribution in [0.2, 0.25) is 5.02 Å². The van der Waals surface area contributed by atoms with Crippen LogP contribution in [-0.2, 0) is 16.1 Å². The highest BCUT2D eigenvalue weighted by Gasteiger charge is 2.18. The van der Waals surface area contributed by atoms with E-state index in [0.717, 1.165) is 16.1 Å². The van der Waals surface area contributed by atoms with Gasteiger partial charge in [-0.1, -0.05) is 23.7 Å². The van der Waals surface area contributed by atoms with Crippen LogP contribution in [0.5, 0.6) is 0 Å². The molecule has 3 aromatic rings. The van der Waals surface area contributed by atoms with Gasteiger partial charge in [-0.3, -0.25) is 4.79 Å². The lowest BCUT2D eigenvalue weighted by molar-refractivity contribution is -0.124. The van der Waals surface area contributed by atoms with Gasteiger partial charge in [0, 0.05) is 22.5 Å². The smallest absolute Gasteiger partial charge is 0.350 e. The van der Waals surface area contributed by atoms with Crippen LogP contribution in [0.1, 0.15) is 20.9 Å². The Morgan fingerprint density at radius 1 is 1.31 bits per heavy atom. The number of aryl methyl sites for hydroxylation is 1. The van der Waals surface area contributed by atoms with Crippen LogP contribution in [0.4, 0.5) is 0 Å². The maximum atomic E-state index is 12.2. The summed E-state index contributed by atoms with van der Waals surface area (Å²) in [7, 11) is 0.